The molecular weight excluding hydrogens is 283 g/mol. The molecule has 0 radical (unpaired) electrons. The lowest BCUT2D eigenvalue weighted by atomic mass is 10.1. The Hall–Kier alpha value is -1.96. The van der Waals surface area contributed by atoms with Crippen molar-refractivity contribution in [3.8, 4) is 0 Å². The van der Waals surface area contributed by atoms with Gasteiger partial charge in [0.05, 0.1) is 5.56 Å². The third-order valence-electron chi connectivity index (χ3n) is 3.42. The van der Waals surface area contributed by atoms with Gasteiger partial charge in [0.15, 0.2) is 5.96 Å². The molecule has 0 atom stereocenters. The van der Waals surface area contributed by atoms with Gasteiger partial charge in [-0.2, -0.15) is 13.2 Å². The van der Waals surface area contributed by atoms with E-state index >= 15 is 0 Å². The number of hydrogen-bond acceptors (Lipinski definition) is 3. The van der Waals surface area contributed by atoms with E-state index in [-0.39, 0.29) is 11.4 Å². The summed E-state index contributed by atoms with van der Waals surface area (Å²) in [5.74, 6) is -0.393. The number of piperazine rings is 1. The topological polar surface area (TPSA) is 68.4 Å². The molecule has 1 aromatic carbocycles. The van der Waals surface area contributed by atoms with E-state index in [2.05, 4.69) is 10.2 Å². The van der Waals surface area contributed by atoms with Crippen LogP contribution in [0.2, 0.25) is 0 Å². The van der Waals surface area contributed by atoms with Crippen molar-refractivity contribution in [2.75, 3.05) is 43.4 Å². The Bertz CT molecular complexity index is 521. The maximum Gasteiger partial charge on any atom is 0.418 e. The summed E-state index contributed by atoms with van der Waals surface area (Å²) >= 11 is 0. The van der Waals surface area contributed by atoms with Gasteiger partial charge in [-0.3, -0.25) is 5.41 Å². The maximum absolute atomic E-state index is 13.2. The van der Waals surface area contributed by atoms with Crippen LogP contribution in [0, 0.1) is 5.41 Å². The molecule has 1 aliphatic heterocycles. The lowest BCUT2D eigenvalue weighted by molar-refractivity contribution is -0.137. The zero-order valence-electron chi connectivity index (χ0n) is 11.7. The lowest BCUT2D eigenvalue weighted by Gasteiger charge is -2.35. The van der Waals surface area contributed by atoms with Crippen LogP contribution in [0.5, 0.6) is 0 Å². The zero-order chi connectivity index (χ0) is 15.6. The minimum absolute atomic E-state index is 0.160. The molecule has 21 heavy (non-hydrogen) atoms. The second-order valence-corrected chi connectivity index (χ2v) is 5.06. The fraction of sp³-hybridized carbons (Fsp3) is 0.462. The van der Waals surface area contributed by atoms with E-state index in [0.717, 1.165) is 19.2 Å². The number of guanidine groups is 1. The third kappa shape index (κ3) is 3.78. The van der Waals surface area contributed by atoms with Crippen LogP contribution in [0.15, 0.2) is 18.2 Å². The molecule has 0 aromatic heterocycles. The van der Waals surface area contributed by atoms with Crippen LogP contribution < -0.4 is 16.0 Å². The fourth-order valence-corrected chi connectivity index (χ4v) is 2.32. The largest absolute Gasteiger partial charge is 0.418 e. The molecule has 0 unspecified atom stereocenters. The molecule has 0 aliphatic carbocycles. The van der Waals surface area contributed by atoms with Gasteiger partial charge in [0.2, 0.25) is 0 Å². The van der Waals surface area contributed by atoms with E-state index in [1.165, 1.54) is 12.1 Å². The number of nitrogens with one attached hydrogen (secondary N) is 2. The normalized spacial score (nSPS) is 16.9. The van der Waals surface area contributed by atoms with E-state index in [0.29, 0.717) is 13.1 Å². The van der Waals surface area contributed by atoms with Crippen LogP contribution >= 0.6 is 0 Å². The number of nitrogens with two attached hydrogens (primary N) is 1. The van der Waals surface area contributed by atoms with E-state index in [4.69, 9.17) is 11.1 Å². The Morgan fingerprint density at radius 2 is 1.86 bits per heavy atom. The molecule has 1 heterocycles. The predicted molar refractivity (Wildman–Crippen MR) is 76.7 cm³/mol. The quantitative estimate of drug-likeness (QED) is 0.575. The van der Waals surface area contributed by atoms with Crippen molar-refractivity contribution in [2.24, 2.45) is 5.73 Å². The van der Waals surface area contributed by atoms with Gasteiger partial charge < -0.3 is 20.9 Å². The number of likely N-dealkylation sites (N-methyl/N-ethyl adjacent to an activating group) is 1. The summed E-state index contributed by atoms with van der Waals surface area (Å²) in [5, 5.41) is 9.49. The standard InChI is InChI=1S/C13H18F3N5/c1-20-4-6-21(7-5-20)11-3-2-9(19-12(17)18)8-10(11)13(14,15)16/h2-3,8H,4-7H2,1H3,(H4,17,18,19). The van der Waals surface area contributed by atoms with Crippen LogP contribution in [0.25, 0.3) is 0 Å². The van der Waals surface area contributed by atoms with Gasteiger partial charge in [-0.1, -0.05) is 0 Å². The minimum atomic E-state index is -4.45. The number of nitrogens with zero attached hydrogens (tertiary/aromatic N) is 2. The molecule has 0 spiro atoms. The molecular formula is C13H18F3N5. The van der Waals surface area contributed by atoms with Gasteiger partial charge in [-0.25, -0.2) is 0 Å². The van der Waals surface area contributed by atoms with Crippen LogP contribution in [0.1, 0.15) is 5.56 Å². The molecule has 0 amide bonds. The number of rotatable bonds is 2. The van der Waals surface area contributed by atoms with Gasteiger partial charge in [-0.15, -0.1) is 0 Å². The SMILES string of the molecule is CN1CCN(c2ccc(NC(=N)N)cc2C(F)(F)F)CC1. The Morgan fingerprint density at radius 3 is 2.38 bits per heavy atom. The predicted octanol–water partition coefficient (Wildman–Crippen LogP) is 1.76. The maximum atomic E-state index is 13.2. The number of alkyl halides is 3. The molecule has 5 nitrogen and oxygen atoms in total. The molecule has 2 rings (SSSR count). The molecule has 0 saturated carbocycles. The van der Waals surface area contributed by atoms with Crippen LogP contribution in [0.4, 0.5) is 24.5 Å². The van der Waals surface area contributed by atoms with Crippen molar-refractivity contribution in [3.05, 3.63) is 23.8 Å². The third-order valence-corrected chi connectivity index (χ3v) is 3.42. The van der Waals surface area contributed by atoms with E-state index in [9.17, 15) is 13.2 Å². The second kappa shape index (κ2) is 5.80. The Morgan fingerprint density at radius 1 is 1.24 bits per heavy atom. The molecule has 8 heteroatoms. The summed E-state index contributed by atoms with van der Waals surface area (Å²) < 4.78 is 39.7. The minimum Gasteiger partial charge on any atom is -0.370 e. The molecule has 1 saturated heterocycles. The highest BCUT2D eigenvalue weighted by Crippen LogP contribution is 2.38. The highest BCUT2D eigenvalue weighted by molar-refractivity contribution is 5.90. The van der Waals surface area contributed by atoms with Gasteiger partial charge >= 0.3 is 6.18 Å². The van der Waals surface area contributed by atoms with Crippen LogP contribution in [-0.2, 0) is 6.18 Å². The molecule has 116 valence electrons. The summed E-state index contributed by atoms with van der Waals surface area (Å²) in [6.07, 6.45) is -4.45. The van der Waals surface area contributed by atoms with E-state index in [1.54, 1.807) is 4.90 Å². The summed E-state index contributed by atoms with van der Waals surface area (Å²) in [4.78, 5) is 3.82. The van der Waals surface area contributed by atoms with Gasteiger partial charge in [0.25, 0.3) is 0 Å². The summed E-state index contributed by atoms with van der Waals surface area (Å²) in [5.41, 5.74) is 4.78. The van der Waals surface area contributed by atoms with Crippen molar-refractivity contribution >= 4 is 17.3 Å². The first-order chi connectivity index (χ1) is 9.77. The molecule has 4 N–H and O–H groups in total. The first-order valence-electron chi connectivity index (χ1n) is 6.53. The van der Waals surface area contributed by atoms with Crippen LogP contribution in [0.3, 0.4) is 0 Å². The summed E-state index contributed by atoms with van der Waals surface area (Å²) in [6, 6.07) is 3.93. The summed E-state index contributed by atoms with van der Waals surface area (Å²) in [6.45, 7) is 2.56. The Kier molecular flexibility index (Phi) is 4.26. The zero-order valence-corrected chi connectivity index (χ0v) is 11.7. The van der Waals surface area contributed by atoms with Crippen molar-refractivity contribution < 1.29 is 13.2 Å². The first-order valence-corrected chi connectivity index (χ1v) is 6.53. The van der Waals surface area contributed by atoms with Gasteiger partial charge in [-0.05, 0) is 25.2 Å². The molecule has 1 fully saturated rings. The Labute approximate surface area is 121 Å². The fourth-order valence-electron chi connectivity index (χ4n) is 2.32. The van der Waals surface area contributed by atoms with Crippen LogP contribution in [-0.4, -0.2) is 44.1 Å². The average molecular weight is 301 g/mol. The highest BCUT2D eigenvalue weighted by Gasteiger charge is 2.35. The first kappa shape index (κ1) is 15.4. The van der Waals surface area contributed by atoms with Gasteiger partial charge in [0.1, 0.15) is 0 Å². The molecule has 0 bridgehead atoms. The highest BCUT2D eigenvalue weighted by atomic mass is 19.4. The van der Waals surface area contributed by atoms with Crippen molar-refractivity contribution in [3.63, 3.8) is 0 Å². The Balaban J connectivity index is 2.33. The lowest BCUT2D eigenvalue weighted by Crippen LogP contribution is -2.45. The average Bonchev–Trinajstić information content (AvgIpc) is 2.38. The summed E-state index contributed by atoms with van der Waals surface area (Å²) in [7, 11) is 1.95. The number of halogens is 3. The smallest absolute Gasteiger partial charge is 0.370 e. The van der Waals surface area contributed by atoms with E-state index in [1.807, 2.05) is 7.05 Å². The second-order valence-electron chi connectivity index (χ2n) is 5.06. The van der Waals surface area contributed by atoms with Crippen molar-refractivity contribution in [1.82, 2.24) is 4.90 Å². The van der Waals surface area contributed by atoms with E-state index < -0.39 is 17.7 Å². The van der Waals surface area contributed by atoms with Gasteiger partial charge in [0, 0.05) is 37.6 Å². The number of hydrogen-bond donors (Lipinski definition) is 3. The molecule has 1 aromatic rings. The van der Waals surface area contributed by atoms with Crippen molar-refractivity contribution in [1.29, 1.82) is 5.41 Å². The number of anilines is 2. The number of benzene rings is 1. The molecule has 1 aliphatic rings. The monoisotopic (exact) mass is 301 g/mol. The van der Waals surface area contributed by atoms with Crippen molar-refractivity contribution in [2.45, 2.75) is 6.18 Å².